The van der Waals surface area contributed by atoms with Gasteiger partial charge in [-0.3, -0.25) is 9.78 Å². The molecule has 0 amide bonds. The summed E-state index contributed by atoms with van der Waals surface area (Å²) in [5.41, 5.74) is 4.72. The molecule has 0 spiro atoms. The van der Waals surface area contributed by atoms with Crippen LogP contribution in [0.1, 0.15) is 22.5 Å². The molecule has 0 radical (unpaired) electrons. The number of H-pyrrole nitrogens is 1. The zero-order chi connectivity index (χ0) is 14.8. The first-order valence-electron chi connectivity index (χ1n) is 6.88. The molecule has 3 aromatic rings. The maximum Gasteiger partial charge on any atom is 0.182 e. The molecule has 0 bridgehead atoms. The van der Waals surface area contributed by atoms with Crippen LogP contribution >= 0.6 is 0 Å². The number of fused-ring (bicyclic) bond motifs is 1. The summed E-state index contributed by atoms with van der Waals surface area (Å²) in [5, 5.41) is 1.03. The number of nitrogens with one attached hydrogen (secondary N) is 1. The molecule has 3 rings (SSSR count). The molecular weight excluding hydrogens is 260 g/mol. The summed E-state index contributed by atoms with van der Waals surface area (Å²) < 4.78 is 0. The van der Waals surface area contributed by atoms with Crippen LogP contribution in [0.15, 0.2) is 55.3 Å². The number of aromatic nitrogens is 2. The molecule has 2 heterocycles. The smallest absolute Gasteiger partial charge is 0.182 e. The molecule has 2 aromatic heterocycles. The van der Waals surface area contributed by atoms with Gasteiger partial charge in [-0.15, -0.1) is 6.58 Å². The second-order valence-electron chi connectivity index (χ2n) is 5.07. The van der Waals surface area contributed by atoms with Crippen molar-refractivity contribution in [3.63, 3.8) is 0 Å². The minimum atomic E-state index is 0.0526. The van der Waals surface area contributed by atoms with Crippen LogP contribution in [0.2, 0.25) is 0 Å². The maximum atomic E-state index is 11.9. The molecule has 0 fully saturated rings. The number of pyridine rings is 1. The third-order valence-corrected chi connectivity index (χ3v) is 3.54. The van der Waals surface area contributed by atoms with Gasteiger partial charge in [0.25, 0.3) is 0 Å². The Morgan fingerprint density at radius 3 is 2.95 bits per heavy atom. The molecular formula is C18H16N2O. The molecule has 21 heavy (non-hydrogen) atoms. The molecule has 1 N–H and O–H groups in total. The van der Waals surface area contributed by atoms with Crippen LogP contribution in [0.4, 0.5) is 0 Å². The number of carbonyl (C=O) groups excluding carboxylic acids is 1. The van der Waals surface area contributed by atoms with Gasteiger partial charge in [-0.2, -0.15) is 0 Å². The zero-order valence-electron chi connectivity index (χ0n) is 11.9. The summed E-state index contributed by atoms with van der Waals surface area (Å²) in [4.78, 5) is 19.5. The second kappa shape index (κ2) is 5.37. The highest BCUT2D eigenvalue weighted by atomic mass is 16.1. The molecule has 0 aliphatic carbocycles. The highest BCUT2D eigenvalue weighted by molar-refractivity contribution is 6.00. The van der Waals surface area contributed by atoms with E-state index in [-0.39, 0.29) is 5.78 Å². The highest BCUT2D eigenvalue weighted by Crippen LogP contribution is 2.25. The maximum absolute atomic E-state index is 11.9. The van der Waals surface area contributed by atoms with Gasteiger partial charge in [0.05, 0.1) is 11.4 Å². The van der Waals surface area contributed by atoms with Crippen molar-refractivity contribution in [2.75, 3.05) is 0 Å². The molecule has 3 heteroatoms. The molecule has 104 valence electrons. The Bertz CT molecular complexity index is 830. The molecule has 0 atom stereocenters. The van der Waals surface area contributed by atoms with Crippen molar-refractivity contribution in [2.24, 2.45) is 0 Å². The van der Waals surface area contributed by atoms with Crippen molar-refractivity contribution in [3.8, 4) is 11.3 Å². The van der Waals surface area contributed by atoms with E-state index >= 15 is 0 Å². The number of aryl methyl sites for hydroxylation is 1. The Kier molecular flexibility index (Phi) is 3.40. The van der Waals surface area contributed by atoms with Crippen LogP contribution in [-0.4, -0.2) is 15.8 Å². The second-order valence-corrected chi connectivity index (χ2v) is 5.07. The lowest BCUT2D eigenvalue weighted by Gasteiger charge is -2.04. The minimum Gasteiger partial charge on any atom is -0.352 e. The van der Waals surface area contributed by atoms with Crippen molar-refractivity contribution in [3.05, 3.63) is 66.5 Å². The fraction of sp³-hybridized carbons (Fsp3) is 0.111. The summed E-state index contributed by atoms with van der Waals surface area (Å²) in [7, 11) is 0. The SMILES string of the molecule is C=CCC(=O)c1cc2ccc(-c3ncccc3C)cc2[nH]1. The van der Waals surface area contributed by atoms with Crippen LogP contribution in [0.5, 0.6) is 0 Å². The predicted molar refractivity (Wildman–Crippen MR) is 85.4 cm³/mol. The summed E-state index contributed by atoms with van der Waals surface area (Å²) in [6.45, 7) is 5.64. The third-order valence-electron chi connectivity index (χ3n) is 3.54. The number of hydrogen-bond acceptors (Lipinski definition) is 2. The number of rotatable bonds is 4. The number of ketones is 1. The van der Waals surface area contributed by atoms with Crippen molar-refractivity contribution in [2.45, 2.75) is 13.3 Å². The van der Waals surface area contributed by atoms with E-state index in [1.54, 1.807) is 12.3 Å². The van der Waals surface area contributed by atoms with Gasteiger partial charge in [0.2, 0.25) is 0 Å². The van der Waals surface area contributed by atoms with Gasteiger partial charge >= 0.3 is 0 Å². The van der Waals surface area contributed by atoms with E-state index in [0.717, 1.165) is 27.7 Å². The van der Waals surface area contributed by atoms with E-state index in [9.17, 15) is 4.79 Å². The van der Waals surface area contributed by atoms with Crippen LogP contribution in [0.3, 0.4) is 0 Å². The van der Waals surface area contributed by atoms with Gasteiger partial charge in [0, 0.05) is 29.1 Å². The monoisotopic (exact) mass is 276 g/mol. The third kappa shape index (κ3) is 2.50. The van der Waals surface area contributed by atoms with Gasteiger partial charge in [-0.25, -0.2) is 0 Å². The quantitative estimate of drug-likeness (QED) is 0.570. The van der Waals surface area contributed by atoms with E-state index in [2.05, 4.69) is 16.5 Å². The first-order chi connectivity index (χ1) is 10.2. The Hall–Kier alpha value is -2.68. The Morgan fingerprint density at radius 1 is 1.33 bits per heavy atom. The van der Waals surface area contributed by atoms with Crippen LogP contribution < -0.4 is 0 Å². The highest BCUT2D eigenvalue weighted by Gasteiger charge is 2.10. The number of benzene rings is 1. The molecule has 0 aliphatic rings. The average Bonchev–Trinajstić information content (AvgIpc) is 2.91. The van der Waals surface area contributed by atoms with E-state index in [1.807, 2.05) is 43.3 Å². The summed E-state index contributed by atoms with van der Waals surface area (Å²) in [6.07, 6.45) is 3.76. The van der Waals surface area contributed by atoms with Gasteiger partial charge in [-0.1, -0.05) is 24.3 Å². The van der Waals surface area contributed by atoms with Crippen LogP contribution in [0.25, 0.3) is 22.2 Å². The molecule has 0 aliphatic heterocycles. The predicted octanol–water partition coefficient (Wildman–Crippen LogP) is 4.30. The number of allylic oxidation sites excluding steroid dienone is 1. The standard InChI is InChI=1S/C18H16N2O/c1-3-5-17(21)16-10-13-7-8-14(11-15(13)20-16)18-12(2)6-4-9-19-18/h3-4,6-11,20H,1,5H2,2H3. The number of nitrogens with zero attached hydrogens (tertiary/aromatic N) is 1. The van der Waals surface area contributed by atoms with Crippen molar-refractivity contribution in [1.82, 2.24) is 9.97 Å². The van der Waals surface area contributed by atoms with E-state index in [0.29, 0.717) is 12.1 Å². The van der Waals surface area contributed by atoms with Gasteiger partial charge < -0.3 is 4.98 Å². The lowest BCUT2D eigenvalue weighted by Crippen LogP contribution is -1.96. The fourth-order valence-electron chi connectivity index (χ4n) is 2.45. The fourth-order valence-corrected chi connectivity index (χ4v) is 2.45. The number of carbonyl (C=O) groups is 1. The number of hydrogen-bond donors (Lipinski definition) is 1. The summed E-state index contributed by atoms with van der Waals surface area (Å²) >= 11 is 0. The molecule has 0 saturated carbocycles. The van der Waals surface area contributed by atoms with Crippen molar-refractivity contribution in [1.29, 1.82) is 0 Å². The molecule has 0 saturated heterocycles. The van der Waals surface area contributed by atoms with Crippen molar-refractivity contribution >= 4 is 16.7 Å². The number of aromatic amines is 1. The van der Waals surface area contributed by atoms with Gasteiger partial charge in [0.1, 0.15) is 0 Å². The van der Waals surface area contributed by atoms with Crippen LogP contribution in [0, 0.1) is 6.92 Å². The summed E-state index contributed by atoms with van der Waals surface area (Å²) in [5.74, 6) is 0.0526. The van der Waals surface area contributed by atoms with Crippen LogP contribution in [-0.2, 0) is 0 Å². The lowest BCUT2D eigenvalue weighted by atomic mass is 10.1. The zero-order valence-corrected chi connectivity index (χ0v) is 11.9. The average molecular weight is 276 g/mol. The molecule has 3 nitrogen and oxygen atoms in total. The first-order valence-corrected chi connectivity index (χ1v) is 6.88. The number of Topliss-reactive ketones (excluding diaryl/α,β-unsaturated/α-hetero) is 1. The molecule has 1 aromatic carbocycles. The minimum absolute atomic E-state index is 0.0526. The van der Waals surface area contributed by atoms with Gasteiger partial charge in [-0.05, 0) is 30.7 Å². The Labute approximate surface area is 123 Å². The Morgan fingerprint density at radius 2 is 2.19 bits per heavy atom. The first kappa shape index (κ1) is 13.3. The normalized spacial score (nSPS) is 10.7. The van der Waals surface area contributed by atoms with Crippen molar-refractivity contribution < 1.29 is 4.79 Å². The van der Waals surface area contributed by atoms with Gasteiger partial charge in [0.15, 0.2) is 5.78 Å². The van der Waals surface area contributed by atoms with E-state index in [1.165, 1.54) is 0 Å². The van der Waals surface area contributed by atoms with E-state index < -0.39 is 0 Å². The molecule has 0 unspecified atom stereocenters. The van der Waals surface area contributed by atoms with E-state index in [4.69, 9.17) is 0 Å². The topological polar surface area (TPSA) is 45.8 Å². The largest absolute Gasteiger partial charge is 0.352 e. The summed E-state index contributed by atoms with van der Waals surface area (Å²) in [6, 6.07) is 11.9. The Balaban J connectivity index is 2.06. The lowest BCUT2D eigenvalue weighted by molar-refractivity contribution is 0.0992.